The highest BCUT2D eigenvalue weighted by Crippen LogP contribution is 2.25. The SMILES string of the molecule is CCCCCCCCCC/C=C/CCCCCCCCCCCCCCCCCCCCCCCCCCCCCCCCCCCCCCCCCCCCCCCC1CC(=O)OCC(CO)(CO)COC1=O. The zero-order valence-electron chi connectivity index (χ0n) is 49.9. The van der Waals surface area contributed by atoms with Crippen molar-refractivity contribution in [3.63, 3.8) is 0 Å². The number of aliphatic hydroxyl groups is 2. The minimum Gasteiger partial charge on any atom is -0.465 e. The molecule has 0 radical (unpaired) electrons. The smallest absolute Gasteiger partial charge is 0.309 e. The maximum atomic E-state index is 12.6. The number of unbranched alkanes of at least 4 members (excludes halogenated alkanes) is 53. The molecule has 0 aromatic carbocycles. The summed E-state index contributed by atoms with van der Waals surface area (Å²) < 4.78 is 10.6. The van der Waals surface area contributed by atoms with Crippen LogP contribution in [0.15, 0.2) is 12.2 Å². The first kappa shape index (κ1) is 70.6. The molecule has 0 saturated carbocycles. The molecular weight excluding hydrogens is 913 g/mol. The zero-order valence-corrected chi connectivity index (χ0v) is 49.9. The number of hydrogen-bond acceptors (Lipinski definition) is 6. The van der Waals surface area contributed by atoms with Crippen LogP contribution in [-0.2, 0) is 19.1 Å². The Kier molecular flexibility index (Phi) is 55.1. The second kappa shape index (κ2) is 57.8. The third-order valence-electron chi connectivity index (χ3n) is 16.8. The summed E-state index contributed by atoms with van der Waals surface area (Å²) in [6, 6.07) is 0. The van der Waals surface area contributed by atoms with E-state index in [1.165, 1.54) is 334 Å². The van der Waals surface area contributed by atoms with E-state index >= 15 is 0 Å². The van der Waals surface area contributed by atoms with Crippen molar-refractivity contribution >= 4 is 11.9 Å². The summed E-state index contributed by atoms with van der Waals surface area (Å²) in [6.45, 7) is 1.21. The standard InChI is InChI=1S/C68H130O6/c1-2-3-4-5-6-7-8-9-10-11-12-13-14-15-16-17-18-19-20-21-22-23-24-25-26-27-28-29-30-31-32-33-34-35-36-37-38-39-40-41-42-43-44-45-46-47-48-49-50-51-52-53-54-55-56-57-58-59-65-60-66(71)73-63-68(61-69,62-70)64-74-67(65)72/h11-12,65,69-70H,2-10,13-64H2,1H3/b12-11+. The van der Waals surface area contributed by atoms with E-state index in [9.17, 15) is 19.8 Å². The van der Waals surface area contributed by atoms with Crippen LogP contribution in [0, 0.1) is 11.3 Å². The fraction of sp³-hybridized carbons (Fsp3) is 0.941. The first-order valence-corrected chi connectivity index (χ1v) is 33.8. The Hall–Kier alpha value is -1.40. The van der Waals surface area contributed by atoms with E-state index in [2.05, 4.69) is 19.1 Å². The molecule has 1 aliphatic heterocycles. The zero-order chi connectivity index (χ0) is 53.2. The number of cyclic esters (lactones) is 2. The largest absolute Gasteiger partial charge is 0.465 e. The highest BCUT2D eigenvalue weighted by Gasteiger charge is 2.36. The quantitative estimate of drug-likeness (QED) is 0.0358. The van der Waals surface area contributed by atoms with Crippen molar-refractivity contribution < 1.29 is 29.3 Å². The van der Waals surface area contributed by atoms with Gasteiger partial charge in [-0.3, -0.25) is 9.59 Å². The summed E-state index contributed by atoms with van der Waals surface area (Å²) in [5, 5.41) is 19.2. The number of esters is 2. The molecule has 1 unspecified atom stereocenters. The third kappa shape index (κ3) is 48.9. The van der Waals surface area contributed by atoms with Gasteiger partial charge in [-0.1, -0.05) is 347 Å². The number of ether oxygens (including phenoxy) is 2. The average molecular weight is 1040 g/mol. The Morgan fingerprint density at radius 3 is 0.838 bits per heavy atom. The normalized spacial score (nSPS) is 15.1. The van der Waals surface area contributed by atoms with Crippen molar-refractivity contribution in [2.24, 2.45) is 11.3 Å². The molecule has 6 heteroatoms. The lowest BCUT2D eigenvalue weighted by molar-refractivity contribution is -0.155. The van der Waals surface area contributed by atoms with Crippen molar-refractivity contribution in [1.29, 1.82) is 0 Å². The molecule has 0 aromatic rings. The summed E-state index contributed by atoms with van der Waals surface area (Å²) in [5.41, 5.74) is -1.12. The molecule has 2 N–H and O–H groups in total. The Morgan fingerprint density at radius 2 is 0.581 bits per heavy atom. The monoisotopic (exact) mass is 1040 g/mol. The molecule has 0 spiro atoms. The number of allylic oxidation sites excluding steroid dienone is 2. The molecule has 0 aliphatic carbocycles. The van der Waals surface area contributed by atoms with Gasteiger partial charge in [0.25, 0.3) is 0 Å². The molecule has 438 valence electrons. The van der Waals surface area contributed by atoms with Crippen LogP contribution in [0.2, 0.25) is 0 Å². The van der Waals surface area contributed by atoms with Gasteiger partial charge in [0, 0.05) is 0 Å². The van der Waals surface area contributed by atoms with Crippen molar-refractivity contribution in [2.45, 2.75) is 373 Å². The Labute approximate surface area is 462 Å². The van der Waals surface area contributed by atoms with Gasteiger partial charge in [0.15, 0.2) is 0 Å². The van der Waals surface area contributed by atoms with Gasteiger partial charge in [-0.05, 0) is 32.1 Å². The van der Waals surface area contributed by atoms with Crippen LogP contribution in [0.4, 0.5) is 0 Å². The molecule has 74 heavy (non-hydrogen) atoms. The Morgan fingerprint density at radius 1 is 0.351 bits per heavy atom. The van der Waals surface area contributed by atoms with Gasteiger partial charge in [-0.2, -0.15) is 0 Å². The van der Waals surface area contributed by atoms with Crippen molar-refractivity contribution in [1.82, 2.24) is 0 Å². The Bertz CT molecular complexity index is 1160. The predicted octanol–water partition coefficient (Wildman–Crippen LogP) is 21.5. The van der Waals surface area contributed by atoms with Gasteiger partial charge in [-0.25, -0.2) is 0 Å². The topological polar surface area (TPSA) is 93.1 Å². The van der Waals surface area contributed by atoms with Crippen LogP contribution < -0.4 is 0 Å². The molecule has 1 fully saturated rings. The fourth-order valence-corrected chi connectivity index (χ4v) is 11.3. The highest BCUT2D eigenvalue weighted by molar-refractivity contribution is 5.80. The molecule has 0 bridgehead atoms. The molecule has 1 rings (SSSR count). The van der Waals surface area contributed by atoms with Gasteiger partial charge in [-0.15, -0.1) is 0 Å². The van der Waals surface area contributed by atoms with Crippen molar-refractivity contribution in [3.05, 3.63) is 12.2 Å². The summed E-state index contributed by atoms with van der Waals surface area (Å²) >= 11 is 0. The highest BCUT2D eigenvalue weighted by atomic mass is 16.6. The molecule has 1 aliphatic rings. The van der Waals surface area contributed by atoms with E-state index in [0.29, 0.717) is 6.42 Å². The van der Waals surface area contributed by atoms with E-state index in [-0.39, 0.29) is 19.6 Å². The van der Waals surface area contributed by atoms with Crippen LogP contribution in [0.5, 0.6) is 0 Å². The van der Waals surface area contributed by atoms with Gasteiger partial charge in [0.05, 0.1) is 31.0 Å². The maximum absolute atomic E-state index is 12.6. The summed E-state index contributed by atoms with van der Waals surface area (Å²) in [7, 11) is 0. The number of rotatable bonds is 59. The van der Waals surface area contributed by atoms with Crippen LogP contribution >= 0.6 is 0 Å². The van der Waals surface area contributed by atoms with E-state index in [4.69, 9.17) is 9.47 Å². The molecular formula is C68H130O6. The first-order chi connectivity index (χ1) is 36.6. The minimum absolute atomic E-state index is 0.00520. The van der Waals surface area contributed by atoms with Crippen molar-refractivity contribution in [2.75, 3.05) is 26.4 Å². The third-order valence-corrected chi connectivity index (χ3v) is 16.8. The molecule has 1 saturated heterocycles. The summed E-state index contributed by atoms with van der Waals surface area (Å²) in [6.07, 6.45) is 83.1. The van der Waals surface area contributed by atoms with E-state index in [1.54, 1.807) is 0 Å². The number of carbonyl (C=O) groups excluding carboxylic acids is 2. The number of hydrogen-bond donors (Lipinski definition) is 2. The second-order valence-corrected chi connectivity index (χ2v) is 24.2. The Balaban J connectivity index is 1.66. The lowest BCUT2D eigenvalue weighted by atomic mass is 9.92. The molecule has 1 atom stereocenters. The molecule has 6 nitrogen and oxygen atoms in total. The summed E-state index contributed by atoms with van der Waals surface area (Å²) in [4.78, 5) is 24.8. The predicted molar refractivity (Wildman–Crippen MR) is 320 cm³/mol. The van der Waals surface area contributed by atoms with E-state index in [0.717, 1.165) is 19.3 Å². The van der Waals surface area contributed by atoms with Crippen LogP contribution in [0.1, 0.15) is 373 Å². The van der Waals surface area contributed by atoms with Crippen LogP contribution in [0.3, 0.4) is 0 Å². The second-order valence-electron chi connectivity index (χ2n) is 24.2. The average Bonchev–Trinajstić information content (AvgIpc) is 3.47. The van der Waals surface area contributed by atoms with Gasteiger partial charge >= 0.3 is 11.9 Å². The summed E-state index contributed by atoms with van der Waals surface area (Å²) in [5.74, 6) is -1.40. The van der Waals surface area contributed by atoms with E-state index < -0.39 is 36.5 Å². The number of carbonyl (C=O) groups is 2. The molecule has 0 amide bonds. The van der Waals surface area contributed by atoms with Crippen molar-refractivity contribution in [3.8, 4) is 0 Å². The molecule has 0 aromatic heterocycles. The lowest BCUT2D eigenvalue weighted by Crippen LogP contribution is -2.40. The molecule has 1 heterocycles. The lowest BCUT2D eigenvalue weighted by Gasteiger charge is -2.27. The number of aliphatic hydroxyl groups excluding tert-OH is 2. The van der Waals surface area contributed by atoms with Gasteiger partial charge in [0.2, 0.25) is 0 Å². The minimum atomic E-state index is -1.12. The first-order valence-electron chi connectivity index (χ1n) is 33.8. The van der Waals surface area contributed by atoms with Gasteiger partial charge in [0.1, 0.15) is 13.2 Å². The fourth-order valence-electron chi connectivity index (χ4n) is 11.3. The van der Waals surface area contributed by atoms with Gasteiger partial charge < -0.3 is 19.7 Å². The van der Waals surface area contributed by atoms with Crippen LogP contribution in [0.25, 0.3) is 0 Å². The van der Waals surface area contributed by atoms with E-state index in [1.807, 2.05) is 0 Å². The maximum Gasteiger partial charge on any atom is 0.309 e. The van der Waals surface area contributed by atoms with Crippen LogP contribution in [-0.4, -0.2) is 48.6 Å².